The second-order valence-corrected chi connectivity index (χ2v) is 10.3. The number of ether oxygens (including phenoxy) is 1. The van der Waals surface area contributed by atoms with Gasteiger partial charge in [-0.3, -0.25) is 9.78 Å². The second-order valence-electron chi connectivity index (χ2n) is 10.3. The van der Waals surface area contributed by atoms with Gasteiger partial charge in [-0.05, 0) is 55.1 Å². The van der Waals surface area contributed by atoms with Crippen LogP contribution >= 0.6 is 0 Å². The van der Waals surface area contributed by atoms with Gasteiger partial charge in [-0.2, -0.15) is 5.26 Å². The molecule has 6 heteroatoms. The molecule has 2 atom stereocenters. The molecule has 0 aliphatic heterocycles. The fraction of sp³-hybridized carbons (Fsp3) is 0.538. The van der Waals surface area contributed by atoms with E-state index in [0.29, 0.717) is 11.5 Å². The number of nitrogens with zero attached hydrogens (tertiary/aromatic N) is 2. The van der Waals surface area contributed by atoms with E-state index in [0.717, 1.165) is 41.4 Å². The molecule has 1 aromatic carbocycles. The Kier molecular flexibility index (Phi) is 6.59. The number of hydrogen-bond acceptors (Lipinski definition) is 5. The number of carbonyl (C=O) groups is 2. The molecule has 170 valence electrons. The number of aromatic nitrogens is 1. The first kappa shape index (κ1) is 23.7. The van der Waals surface area contributed by atoms with E-state index in [1.807, 2.05) is 38.1 Å². The van der Waals surface area contributed by atoms with Gasteiger partial charge in [0.1, 0.15) is 5.54 Å². The van der Waals surface area contributed by atoms with Crippen molar-refractivity contribution >= 4 is 22.8 Å². The summed E-state index contributed by atoms with van der Waals surface area (Å²) in [7, 11) is 0. The Morgan fingerprint density at radius 2 is 1.94 bits per heavy atom. The topological polar surface area (TPSA) is 92.1 Å². The number of amides is 1. The van der Waals surface area contributed by atoms with Crippen LogP contribution in [0.4, 0.5) is 0 Å². The Balaban J connectivity index is 1.90. The van der Waals surface area contributed by atoms with Crippen LogP contribution in [0.3, 0.4) is 0 Å². The van der Waals surface area contributed by atoms with Crippen LogP contribution < -0.4 is 5.32 Å². The van der Waals surface area contributed by atoms with Gasteiger partial charge in [0, 0.05) is 11.1 Å². The lowest BCUT2D eigenvalue weighted by molar-refractivity contribution is -0.125. The van der Waals surface area contributed by atoms with Crippen LogP contribution in [0, 0.1) is 28.6 Å². The van der Waals surface area contributed by atoms with Crippen molar-refractivity contribution < 1.29 is 14.3 Å². The molecule has 0 saturated carbocycles. The number of aryl methyl sites for hydroxylation is 1. The van der Waals surface area contributed by atoms with Crippen LogP contribution in [0.15, 0.2) is 24.3 Å². The predicted octanol–water partition coefficient (Wildman–Crippen LogP) is 4.60. The first-order valence-electron chi connectivity index (χ1n) is 11.3. The Bertz CT molecular complexity index is 1080. The molecule has 0 radical (unpaired) electrons. The number of fused-ring (bicyclic) bond motifs is 2. The van der Waals surface area contributed by atoms with Crippen molar-refractivity contribution in [2.45, 2.75) is 66.3 Å². The molecule has 6 nitrogen and oxygen atoms in total. The molecule has 1 aromatic heterocycles. The molecule has 0 saturated heterocycles. The maximum Gasteiger partial charge on any atom is 0.339 e. The Hall–Kier alpha value is -2.94. The number of para-hydroxylation sites is 1. The SMILES string of the molecule is CC(C)[C@@](C)(C#N)NC(=O)COC(=O)c1c2c(nc3ccccc13)CC[C@H](C(C)(C)C)C2. The number of benzene rings is 1. The zero-order valence-corrected chi connectivity index (χ0v) is 19.9. The highest BCUT2D eigenvalue weighted by Gasteiger charge is 2.34. The number of rotatable bonds is 5. The maximum atomic E-state index is 13.3. The van der Waals surface area contributed by atoms with Gasteiger partial charge in [-0.25, -0.2) is 4.79 Å². The number of hydrogen-bond donors (Lipinski definition) is 1. The van der Waals surface area contributed by atoms with Gasteiger partial charge in [0.25, 0.3) is 5.91 Å². The van der Waals surface area contributed by atoms with E-state index in [-0.39, 0.29) is 11.3 Å². The Morgan fingerprint density at radius 3 is 2.56 bits per heavy atom. The monoisotopic (exact) mass is 435 g/mol. The lowest BCUT2D eigenvalue weighted by atomic mass is 9.70. The molecular formula is C26H33N3O3. The van der Waals surface area contributed by atoms with Crippen LogP contribution in [-0.2, 0) is 22.4 Å². The fourth-order valence-electron chi connectivity index (χ4n) is 4.19. The van der Waals surface area contributed by atoms with E-state index in [9.17, 15) is 14.9 Å². The van der Waals surface area contributed by atoms with Crippen molar-refractivity contribution in [3.05, 3.63) is 41.1 Å². The normalized spacial score (nSPS) is 17.9. The highest BCUT2D eigenvalue weighted by atomic mass is 16.5. The summed E-state index contributed by atoms with van der Waals surface area (Å²) in [4.78, 5) is 30.5. The van der Waals surface area contributed by atoms with Crippen molar-refractivity contribution in [1.82, 2.24) is 10.3 Å². The van der Waals surface area contributed by atoms with Crippen molar-refractivity contribution in [1.29, 1.82) is 5.26 Å². The molecule has 0 bridgehead atoms. The van der Waals surface area contributed by atoms with Gasteiger partial charge in [-0.1, -0.05) is 52.8 Å². The van der Waals surface area contributed by atoms with Crippen LogP contribution in [0.25, 0.3) is 10.9 Å². The molecule has 1 N–H and O–H groups in total. The smallest absolute Gasteiger partial charge is 0.339 e. The van der Waals surface area contributed by atoms with Gasteiger partial charge in [-0.15, -0.1) is 0 Å². The number of pyridine rings is 1. The predicted molar refractivity (Wildman–Crippen MR) is 124 cm³/mol. The van der Waals surface area contributed by atoms with Gasteiger partial charge in [0.15, 0.2) is 6.61 Å². The lowest BCUT2D eigenvalue weighted by Crippen LogP contribution is -2.50. The first-order chi connectivity index (χ1) is 15.0. The summed E-state index contributed by atoms with van der Waals surface area (Å²) in [5.74, 6) is -0.670. The Morgan fingerprint density at radius 1 is 1.25 bits per heavy atom. The summed E-state index contributed by atoms with van der Waals surface area (Å²) >= 11 is 0. The quantitative estimate of drug-likeness (QED) is 0.693. The maximum absolute atomic E-state index is 13.3. The summed E-state index contributed by atoms with van der Waals surface area (Å²) in [6.45, 7) is 11.6. The number of nitrogens with one attached hydrogen (secondary N) is 1. The van der Waals surface area contributed by atoms with Crippen molar-refractivity contribution in [2.75, 3.05) is 6.61 Å². The molecule has 0 unspecified atom stereocenters. The van der Waals surface area contributed by atoms with Gasteiger partial charge < -0.3 is 10.1 Å². The third-order valence-corrected chi connectivity index (χ3v) is 6.81. The minimum absolute atomic E-state index is 0.0855. The molecule has 0 spiro atoms. The molecular weight excluding hydrogens is 402 g/mol. The molecule has 1 aliphatic carbocycles. The van der Waals surface area contributed by atoms with Crippen molar-refractivity contribution in [3.8, 4) is 6.07 Å². The highest BCUT2D eigenvalue weighted by Crippen LogP contribution is 2.39. The average Bonchev–Trinajstić information content (AvgIpc) is 2.74. The molecule has 1 heterocycles. The van der Waals surface area contributed by atoms with E-state index < -0.39 is 24.0 Å². The zero-order chi connectivity index (χ0) is 23.7. The molecule has 2 aromatic rings. The van der Waals surface area contributed by atoms with Crippen LogP contribution in [-0.4, -0.2) is 29.0 Å². The summed E-state index contributed by atoms with van der Waals surface area (Å²) in [6, 6.07) is 9.69. The van der Waals surface area contributed by atoms with Crippen LogP contribution in [0.5, 0.6) is 0 Å². The van der Waals surface area contributed by atoms with Gasteiger partial charge >= 0.3 is 5.97 Å². The van der Waals surface area contributed by atoms with E-state index in [1.54, 1.807) is 6.92 Å². The largest absolute Gasteiger partial charge is 0.452 e. The number of nitriles is 1. The van der Waals surface area contributed by atoms with Gasteiger partial charge in [0.2, 0.25) is 0 Å². The summed E-state index contributed by atoms with van der Waals surface area (Å²) < 4.78 is 5.47. The van der Waals surface area contributed by atoms with Crippen LogP contribution in [0.2, 0.25) is 0 Å². The van der Waals surface area contributed by atoms with E-state index in [4.69, 9.17) is 9.72 Å². The molecule has 1 amide bonds. The third-order valence-electron chi connectivity index (χ3n) is 6.81. The molecule has 32 heavy (non-hydrogen) atoms. The minimum atomic E-state index is -1.02. The zero-order valence-electron chi connectivity index (χ0n) is 19.9. The lowest BCUT2D eigenvalue weighted by Gasteiger charge is -2.35. The highest BCUT2D eigenvalue weighted by molar-refractivity contribution is 6.05. The third kappa shape index (κ3) is 4.77. The summed E-state index contributed by atoms with van der Waals surface area (Å²) in [6.07, 6.45) is 2.60. The standard InChI is InChI=1S/C26H33N3O3/c1-16(2)26(6,15-27)29-22(30)14-32-24(31)23-18-9-7-8-10-20(18)28-21-12-11-17(13-19(21)23)25(3,4)5/h7-10,16-17H,11-14H2,1-6H3,(H,29,30)/t17-,26+/m0/s1. The first-order valence-corrected chi connectivity index (χ1v) is 11.3. The van der Waals surface area contributed by atoms with Crippen molar-refractivity contribution in [2.24, 2.45) is 17.3 Å². The molecule has 0 fully saturated rings. The number of esters is 1. The average molecular weight is 436 g/mol. The van der Waals surface area contributed by atoms with E-state index in [2.05, 4.69) is 32.2 Å². The summed E-state index contributed by atoms with van der Waals surface area (Å²) in [5.41, 5.74) is 2.24. The van der Waals surface area contributed by atoms with Crippen LogP contribution in [0.1, 0.15) is 69.6 Å². The molecule has 1 aliphatic rings. The minimum Gasteiger partial charge on any atom is -0.452 e. The summed E-state index contributed by atoms with van der Waals surface area (Å²) in [5, 5.41) is 12.9. The number of carbonyl (C=O) groups excluding carboxylic acids is 2. The molecule has 3 rings (SSSR count). The van der Waals surface area contributed by atoms with E-state index in [1.165, 1.54) is 0 Å². The second kappa shape index (κ2) is 8.90. The van der Waals surface area contributed by atoms with Crippen molar-refractivity contribution in [3.63, 3.8) is 0 Å². The Labute approximate surface area is 190 Å². The van der Waals surface area contributed by atoms with Gasteiger partial charge in [0.05, 0.1) is 17.1 Å². The fourth-order valence-corrected chi connectivity index (χ4v) is 4.19. The van der Waals surface area contributed by atoms with E-state index >= 15 is 0 Å².